The van der Waals surface area contributed by atoms with Crippen LogP contribution in [-0.4, -0.2) is 107 Å². The van der Waals surface area contributed by atoms with E-state index in [2.05, 4.69) is 25.8 Å². The minimum Gasteiger partial charge on any atom is -0.481 e. The van der Waals surface area contributed by atoms with Gasteiger partial charge in [-0.15, -0.1) is 0 Å². The Hall–Kier alpha value is -2.76. The van der Waals surface area contributed by atoms with Crippen LogP contribution in [0, 0.1) is 5.92 Å². The molecule has 4 N–H and O–H groups in total. The van der Waals surface area contributed by atoms with Crippen molar-refractivity contribution in [2.24, 2.45) is 11.7 Å². The fourth-order valence-corrected chi connectivity index (χ4v) is 4.79. The van der Waals surface area contributed by atoms with E-state index in [4.69, 9.17) is 30.3 Å². The van der Waals surface area contributed by atoms with Gasteiger partial charge in [0.25, 0.3) is 11.9 Å². The van der Waals surface area contributed by atoms with Crippen molar-refractivity contribution in [3.05, 3.63) is 24.5 Å². The van der Waals surface area contributed by atoms with Crippen LogP contribution in [0.15, 0.2) is 24.5 Å². The Morgan fingerprint density at radius 1 is 0.972 bits per heavy atom. The zero-order chi connectivity index (χ0) is 26.5. The molecule has 1 amide bonds. The van der Waals surface area contributed by atoms with Gasteiger partial charge < -0.3 is 30.5 Å². The highest BCUT2D eigenvalue weighted by molar-refractivity contribution is 5.79. The topological polar surface area (TPSA) is 150 Å². The molecule has 4 heterocycles. The quantitative estimate of drug-likeness (QED) is 0.543. The number of amides is 1. The molecule has 0 saturated carbocycles. The molecule has 3 aliphatic rings. The molecule has 0 aromatic carbocycles. The maximum atomic E-state index is 13.3. The number of rotatable bonds is 3. The van der Waals surface area contributed by atoms with Crippen LogP contribution in [0.5, 0.6) is 0 Å². The van der Waals surface area contributed by atoms with Gasteiger partial charge in [-0.1, -0.05) is 0 Å². The van der Waals surface area contributed by atoms with Gasteiger partial charge in [-0.05, 0) is 37.8 Å². The number of hydrogen-bond acceptors (Lipinski definition) is 8. The number of carbonyl (C=O) groups is 3. The molecule has 0 bridgehead atoms. The lowest BCUT2D eigenvalue weighted by Gasteiger charge is -2.39. The van der Waals surface area contributed by atoms with Crippen LogP contribution in [-0.2, 0) is 19.1 Å². The third-order valence-electron chi connectivity index (χ3n) is 6.47. The highest BCUT2D eigenvalue weighted by Gasteiger charge is 2.34. The number of hydrogen-bond donors (Lipinski definition) is 3. The molecular formula is C25H41N5O6. The predicted molar refractivity (Wildman–Crippen MR) is 136 cm³/mol. The van der Waals surface area contributed by atoms with Crippen molar-refractivity contribution in [2.45, 2.75) is 51.6 Å². The Morgan fingerprint density at radius 3 is 2.14 bits per heavy atom. The third-order valence-corrected chi connectivity index (χ3v) is 6.47. The van der Waals surface area contributed by atoms with E-state index in [1.54, 1.807) is 6.20 Å². The summed E-state index contributed by atoms with van der Waals surface area (Å²) in [6.07, 6.45) is 7.64. The molecule has 0 unspecified atom stereocenters. The van der Waals surface area contributed by atoms with Crippen molar-refractivity contribution in [1.29, 1.82) is 0 Å². The first-order valence-corrected chi connectivity index (χ1v) is 12.6. The Bertz CT molecular complexity index is 792. The first-order chi connectivity index (χ1) is 17.2. The van der Waals surface area contributed by atoms with Crippen molar-refractivity contribution in [1.82, 2.24) is 14.8 Å². The number of likely N-dealkylation sites (tertiary alicyclic amines) is 1. The average Bonchev–Trinajstić information content (AvgIpc) is 3.06. The van der Waals surface area contributed by atoms with E-state index >= 15 is 0 Å². The van der Waals surface area contributed by atoms with Crippen LogP contribution in [0.25, 0.3) is 0 Å². The summed E-state index contributed by atoms with van der Waals surface area (Å²) < 4.78 is 5.52. The van der Waals surface area contributed by atoms with E-state index in [1.807, 2.05) is 12.3 Å². The standard InChI is InChI=1S/C21H33N5O2.2C2H4O2/c22-18-4-3-17(15-26(16-18)19-5-12-28-13-6-19)21(27)25-10-8-24(9-11-25)20-2-1-7-23-14-20;2*1-2(3)4/h1-2,7,14,17-19H,3-6,8-13,15-16,22H2;2*1H3,(H,3,4)/t17-,18+;;/m1../s1. The fourth-order valence-electron chi connectivity index (χ4n) is 4.79. The first-order valence-electron chi connectivity index (χ1n) is 12.6. The van der Waals surface area contributed by atoms with Gasteiger partial charge in [0.1, 0.15) is 0 Å². The van der Waals surface area contributed by atoms with E-state index < -0.39 is 11.9 Å². The van der Waals surface area contributed by atoms with Gasteiger partial charge in [0.05, 0.1) is 17.8 Å². The zero-order valence-corrected chi connectivity index (χ0v) is 21.4. The van der Waals surface area contributed by atoms with Gasteiger partial charge >= 0.3 is 0 Å². The molecule has 0 radical (unpaired) electrons. The van der Waals surface area contributed by atoms with E-state index in [9.17, 15) is 4.79 Å². The van der Waals surface area contributed by atoms with Gasteiger partial charge in [-0.3, -0.25) is 24.3 Å². The molecule has 2 atom stereocenters. The van der Waals surface area contributed by atoms with E-state index in [-0.39, 0.29) is 12.0 Å². The number of ether oxygens (including phenoxy) is 1. The minimum atomic E-state index is -0.833. The van der Waals surface area contributed by atoms with Gasteiger partial charge in [0.15, 0.2) is 0 Å². The molecule has 36 heavy (non-hydrogen) atoms. The smallest absolute Gasteiger partial charge is 0.300 e. The molecule has 11 nitrogen and oxygen atoms in total. The lowest BCUT2D eigenvalue weighted by molar-refractivity contribution is -0.137. The number of aliphatic carboxylic acids is 2. The van der Waals surface area contributed by atoms with E-state index in [1.165, 1.54) is 0 Å². The van der Waals surface area contributed by atoms with Crippen LogP contribution in [0.1, 0.15) is 39.5 Å². The zero-order valence-electron chi connectivity index (χ0n) is 21.4. The lowest BCUT2D eigenvalue weighted by atomic mass is 9.99. The summed E-state index contributed by atoms with van der Waals surface area (Å²) in [7, 11) is 0. The van der Waals surface area contributed by atoms with Crippen molar-refractivity contribution in [3.63, 3.8) is 0 Å². The van der Waals surface area contributed by atoms with Crippen molar-refractivity contribution >= 4 is 23.5 Å². The van der Waals surface area contributed by atoms with Crippen molar-refractivity contribution < 1.29 is 29.3 Å². The summed E-state index contributed by atoms with van der Waals surface area (Å²) in [6, 6.07) is 4.73. The SMILES string of the molecule is CC(=O)O.CC(=O)O.N[C@H]1CC[C@@H](C(=O)N2CCN(c3cccnc3)CC2)CN(C2CCOCC2)C1. The monoisotopic (exact) mass is 507 g/mol. The number of carboxylic acids is 2. The summed E-state index contributed by atoms with van der Waals surface area (Å²) in [6.45, 7) is 8.88. The van der Waals surface area contributed by atoms with Gasteiger partial charge in [-0.2, -0.15) is 0 Å². The number of nitrogens with two attached hydrogens (primary N) is 1. The summed E-state index contributed by atoms with van der Waals surface area (Å²) in [5.74, 6) is -1.28. The minimum absolute atomic E-state index is 0.0707. The molecule has 1 aromatic rings. The van der Waals surface area contributed by atoms with Gasteiger partial charge in [0.2, 0.25) is 5.91 Å². The number of carbonyl (C=O) groups excluding carboxylic acids is 1. The Kier molecular flexibility index (Phi) is 12.6. The summed E-state index contributed by atoms with van der Waals surface area (Å²) in [4.78, 5) is 42.4. The molecule has 0 spiro atoms. The number of piperazine rings is 1. The molecule has 4 rings (SSSR count). The van der Waals surface area contributed by atoms with E-state index in [0.29, 0.717) is 11.9 Å². The number of nitrogens with zero attached hydrogens (tertiary/aromatic N) is 4. The highest BCUT2D eigenvalue weighted by atomic mass is 16.5. The summed E-state index contributed by atoms with van der Waals surface area (Å²) in [5, 5.41) is 14.8. The largest absolute Gasteiger partial charge is 0.481 e. The van der Waals surface area contributed by atoms with Crippen LogP contribution < -0.4 is 10.6 Å². The second-order valence-electron chi connectivity index (χ2n) is 9.39. The number of carboxylic acid groups (broad SMARTS) is 2. The fraction of sp³-hybridized carbons (Fsp3) is 0.680. The number of aromatic nitrogens is 1. The van der Waals surface area contributed by atoms with Crippen LogP contribution >= 0.6 is 0 Å². The highest BCUT2D eigenvalue weighted by Crippen LogP contribution is 2.24. The number of anilines is 1. The normalized spacial score (nSPS) is 23.3. The van der Waals surface area contributed by atoms with Crippen molar-refractivity contribution in [3.8, 4) is 0 Å². The molecule has 0 aliphatic carbocycles. The Morgan fingerprint density at radius 2 is 1.58 bits per heavy atom. The molecule has 11 heteroatoms. The lowest BCUT2D eigenvalue weighted by Crippen LogP contribution is -2.52. The van der Waals surface area contributed by atoms with Gasteiger partial charge in [-0.25, -0.2) is 0 Å². The van der Waals surface area contributed by atoms with Crippen LogP contribution in [0.3, 0.4) is 0 Å². The predicted octanol–water partition coefficient (Wildman–Crippen LogP) is 1.13. The second-order valence-corrected chi connectivity index (χ2v) is 9.39. The van der Waals surface area contributed by atoms with Crippen molar-refractivity contribution in [2.75, 3.05) is 57.4 Å². The molecule has 1 aromatic heterocycles. The summed E-state index contributed by atoms with van der Waals surface area (Å²) >= 11 is 0. The van der Waals surface area contributed by atoms with Crippen LogP contribution in [0.4, 0.5) is 5.69 Å². The molecule has 3 aliphatic heterocycles. The van der Waals surface area contributed by atoms with Crippen LogP contribution in [0.2, 0.25) is 0 Å². The maximum absolute atomic E-state index is 13.3. The average molecular weight is 508 g/mol. The third kappa shape index (κ3) is 10.5. The first kappa shape index (κ1) is 29.5. The van der Waals surface area contributed by atoms with E-state index in [0.717, 1.165) is 97.7 Å². The number of pyridine rings is 1. The second kappa shape index (κ2) is 15.4. The maximum Gasteiger partial charge on any atom is 0.300 e. The molecule has 202 valence electrons. The molecular weight excluding hydrogens is 466 g/mol. The molecule has 3 saturated heterocycles. The van der Waals surface area contributed by atoms with Gasteiger partial charge in [0, 0.05) is 84.6 Å². The molecule has 3 fully saturated rings. The summed E-state index contributed by atoms with van der Waals surface area (Å²) in [5.41, 5.74) is 7.48. The Labute approximate surface area is 213 Å². The Balaban J connectivity index is 0.000000501.